The predicted molar refractivity (Wildman–Crippen MR) is 107 cm³/mol. The van der Waals surface area contributed by atoms with E-state index < -0.39 is 17.8 Å². The molecule has 0 radical (unpaired) electrons. The van der Waals surface area contributed by atoms with E-state index in [1.54, 1.807) is 33.2 Å². The highest BCUT2D eigenvalue weighted by molar-refractivity contribution is 5.88. The molecule has 0 aliphatic heterocycles. The Kier molecular flexibility index (Phi) is 5.67. The number of nitrogens with zero attached hydrogens (tertiary/aromatic N) is 2. The molecule has 2 heterocycles. The zero-order valence-corrected chi connectivity index (χ0v) is 16.4. The molecule has 0 spiro atoms. The normalized spacial score (nSPS) is 11.3. The van der Waals surface area contributed by atoms with Crippen LogP contribution in [0.25, 0.3) is 22.0 Å². The van der Waals surface area contributed by atoms with Crippen molar-refractivity contribution < 1.29 is 24.0 Å². The molecule has 0 bridgehead atoms. The number of anilines is 1. The van der Waals surface area contributed by atoms with E-state index in [1.165, 1.54) is 0 Å². The first-order valence-electron chi connectivity index (χ1n) is 9.02. The van der Waals surface area contributed by atoms with Crippen molar-refractivity contribution in [3.63, 3.8) is 0 Å². The van der Waals surface area contributed by atoms with Crippen LogP contribution in [0.4, 0.5) is 15.5 Å². The number of hydrogen-bond acceptors (Lipinski definition) is 6. The fourth-order valence-electron chi connectivity index (χ4n) is 2.80. The molecule has 0 aliphatic carbocycles. The Hall–Kier alpha value is -3.62. The Morgan fingerprint density at radius 1 is 1.21 bits per heavy atom. The summed E-state index contributed by atoms with van der Waals surface area (Å²) in [7, 11) is 0. The second kappa shape index (κ2) is 8.17. The maximum absolute atomic E-state index is 11.9. The van der Waals surface area contributed by atoms with Gasteiger partial charge in [-0.25, -0.2) is 9.59 Å². The molecule has 9 heteroatoms. The average Bonchev–Trinajstić information content (AvgIpc) is 3.01. The number of carbonyl (C=O) groups excluding carboxylic acids is 1. The fourth-order valence-corrected chi connectivity index (χ4v) is 2.80. The number of hydrogen-bond donors (Lipinski definition) is 3. The lowest BCUT2D eigenvalue weighted by Gasteiger charge is -2.19. The summed E-state index contributed by atoms with van der Waals surface area (Å²) in [4.78, 5) is 27.0. The first-order valence-corrected chi connectivity index (χ1v) is 9.02. The largest absolute Gasteiger partial charge is 0.465 e. The molecule has 0 fully saturated rings. The molecule has 1 aromatic carbocycles. The molecule has 0 unspecified atom stereocenters. The van der Waals surface area contributed by atoms with E-state index in [9.17, 15) is 9.59 Å². The number of carboxylic acid groups (broad SMARTS) is 1. The molecule has 2 amide bonds. The number of ether oxygens (including phenoxy) is 1. The van der Waals surface area contributed by atoms with Gasteiger partial charge in [-0.3, -0.25) is 10.3 Å². The molecule has 0 atom stereocenters. The lowest BCUT2D eigenvalue weighted by atomic mass is 10.0. The average molecular weight is 398 g/mol. The van der Waals surface area contributed by atoms with Crippen molar-refractivity contribution in [2.75, 3.05) is 11.9 Å². The summed E-state index contributed by atoms with van der Waals surface area (Å²) in [5, 5.41) is 19.9. The second-order valence-electron chi connectivity index (χ2n) is 7.39. The van der Waals surface area contributed by atoms with Crippen molar-refractivity contribution in [1.29, 1.82) is 0 Å². The maximum Gasteiger partial charge on any atom is 0.411 e. The van der Waals surface area contributed by atoms with Crippen molar-refractivity contribution in [3.8, 4) is 11.3 Å². The Balaban J connectivity index is 1.84. The van der Waals surface area contributed by atoms with Gasteiger partial charge < -0.3 is 19.7 Å². The van der Waals surface area contributed by atoms with E-state index in [-0.39, 0.29) is 12.4 Å². The number of rotatable bonds is 5. The highest BCUT2D eigenvalue weighted by atomic mass is 16.6. The van der Waals surface area contributed by atoms with Crippen LogP contribution in [0.2, 0.25) is 0 Å². The van der Waals surface area contributed by atoms with Crippen molar-refractivity contribution in [2.24, 2.45) is 0 Å². The second-order valence-corrected chi connectivity index (χ2v) is 7.39. The van der Waals surface area contributed by atoms with Crippen molar-refractivity contribution in [1.82, 2.24) is 15.5 Å². The van der Waals surface area contributed by atoms with Crippen molar-refractivity contribution >= 4 is 28.8 Å². The van der Waals surface area contributed by atoms with Crippen LogP contribution in [-0.2, 0) is 11.2 Å². The Morgan fingerprint density at radius 3 is 2.72 bits per heavy atom. The fraction of sp³-hybridized carbons (Fsp3) is 0.300. The van der Waals surface area contributed by atoms with E-state index in [1.807, 2.05) is 24.3 Å². The molecule has 0 saturated heterocycles. The summed E-state index contributed by atoms with van der Waals surface area (Å²) >= 11 is 0. The Bertz CT molecular complexity index is 1040. The summed E-state index contributed by atoms with van der Waals surface area (Å²) in [6.07, 6.45) is 1.92. The van der Waals surface area contributed by atoms with Crippen LogP contribution in [-0.4, -0.2) is 39.6 Å². The van der Waals surface area contributed by atoms with Crippen LogP contribution in [0.5, 0.6) is 0 Å². The van der Waals surface area contributed by atoms with Gasteiger partial charge in [0.1, 0.15) is 11.3 Å². The van der Waals surface area contributed by atoms with Crippen LogP contribution >= 0.6 is 0 Å². The SMILES string of the molecule is CC(C)(C)OC(=O)NCCc1c(-c2ccc3cnccc3c2)noc1NC(=O)O. The molecule has 152 valence electrons. The minimum atomic E-state index is -1.27. The monoisotopic (exact) mass is 398 g/mol. The topological polar surface area (TPSA) is 127 Å². The van der Waals surface area contributed by atoms with Gasteiger partial charge in [-0.05, 0) is 44.7 Å². The van der Waals surface area contributed by atoms with E-state index in [0.717, 1.165) is 16.3 Å². The van der Waals surface area contributed by atoms with E-state index in [0.29, 0.717) is 17.7 Å². The van der Waals surface area contributed by atoms with Gasteiger partial charge in [0.2, 0.25) is 5.88 Å². The lowest BCUT2D eigenvalue weighted by molar-refractivity contribution is 0.0528. The van der Waals surface area contributed by atoms with Gasteiger partial charge in [0, 0.05) is 35.5 Å². The summed E-state index contributed by atoms with van der Waals surface area (Å²) in [5.74, 6) is 0.0216. The van der Waals surface area contributed by atoms with Crippen LogP contribution in [0.3, 0.4) is 0 Å². The number of aromatic nitrogens is 2. The molecule has 0 saturated carbocycles. The molecular formula is C20H22N4O5. The third-order valence-corrected chi connectivity index (χ3v) is 3.97. The molecule has 0 aliphatic rings. The minimum Gasteiger partial charge on any atom is -0.465 e. The number of pyridine rings is 1. The number of amides is 2. The van der Waals surface area contributed by atoms with Gasteiger partial charge in [0.25, 0.3) is 0 Å². The standard InChI is InChI=1S/C20H22N4O5/c1-20(2,3)28-19(27)22-9-7-15-16(24-29-17(15)23-18(25)26)13-4-5-14-11-21-8-6-12(14)10-13/h4-6,8,10-11,23H,7,9H2,1-3H3,(H,22,27)(H,25,26). The Labute approximate surface area is 167 Å². The van der Waals surface area contributed by atoms with Gasteiger partial charge in [-0.2, -0.15) is 0 Å². The van der Waals surface area contributed by atoms with Crippen LogP contribution < -0.4 is 10.6 Å². The predicted octanol–water partition coefficient (Wildman–Crippen LogP) is 4.05. The summed E-state index contributed by atoms with van der Waals surface area (Å²) in [6, 6.07) is 7.56. The number of fused-ring (bicyclic) bond motifs is 1. The van der Waals surface area contributed by atoms with Crippen molar-refractivity contribution in [3.05, 3.63) is 42.2 Å². The quantitative estimate of drug-likeness (QED) is 0.592. The third kappa shape index (κ3) is 5.22. The third-order valence-electron chi connectivity index (χ3n) is 3.97. The number of nitrogens with one attached hydrogen (secondary N) is 2. The summed E-state index contributed by atoms with van der Waals surface area (Å²) in [5.41, 5.74) is 1.19. The molecular weight excluding hydrogens is 376 g/mol. The first kappa shape index (κ1) is 20.1. The van der Waals surface area contributed by atoms with Crippen molar-refractivity contribution in [2.45, 2.75) is 32.8 Å². The van der Waals surface area contributed by atoms with Gasteiger partial charge >= 0.3 is 12.2 Å². The maximum atomic E-state index is 11.9. The Morgan fingerprint density at radius 2 is 2.00 bits per heavy atom. The van der Waals surface area contributed by atoms with E-state index >= 15 is 0 Å². The zero-order chi connectivity index (χ0) is 21.0. The molecule has 3 aromatic rings. The van der Waals surface area contributed by atoms with E-state index in [4.69, 9.17) is 14.4 Å². The molecule has 2 aromatic heterocycles. The zero-order valence-electron chi connectivity index (χ0n) is 16.4. The number of carbonyl (C=O) groups is 2. The van der Waals surface area contributed by atoms with Gasteiger partial charge in [0.05, 0.1) is 0 Å². The van der Waals surface area contributed by atoms with Gasteiger partial charge in [-0.15, -0.1) is 0 Å². The molecule has 3 rings (SSSR count). The van der Waals surface area contributed by atoms with Crippen LogP contribution in [0, 0.1) is 0 Å². The van der Waals surface area contributed by atoms with Gasteiger partial charge in [-0.1, -0.05) is 17.3 Å². The molecule has 3 N–H and O–H groups in total. The highest BCUT2D eigenvalue weighted by Crippen LogP contribution is 2.31. The minimum absolute atomic E-state index is 0.0216. The summed E-state index contributed by atoms with van der Waals surface area (Å²) in [6.45, 7) is 5.54. The molecule has 9 nitrogen and oxygen atoms in total. The lowest BCUT2D eigenvalue weighted by Crippen LogP contribution is -2.33. The number of benzene rings is 1. The highest BCUT2D eigenvalue weighted by Gasteiger charge is 2.21. The van der Waals surface area contributed by atoms with Crippen LogP contribution in [0.1, 0.15) is 26.3 Å². The number of alkyl carbamates (subject to hydrolysis) is 1. The first-order chi connectivity index (χ1) is 13.7. The van der Waals surface area contributed by atoms with E-state index in [2.05, 4.69) is 20.8 Å². The molecule has 29 heavy (non-hydrogen) atoms. The smallest absolute Gasteiger partial charge is 0.411 e. The van der Waals surface area contributed by atoms with Crippen LogP contribution in [0.15, 0.2) is 41.2 Å². The van der Waals surface area contributed by atoms with Gasteiger partial charge in [0.15, 0.2) is 0 Å². The summed E-state index contributed by atoms with van der Waals surface area (Å²) < 4.78 is 10.4.